The summed E-state index contributed by atoms with van der Waals surface area (Å²) in [6.07, 6.45) is 4.71. The monoisotopic (exact) mass is 306 g/mol. The number of rotatable bonds is 3. The number of aryl methyl sites for hydroxylation is 1. The number of nitrogens with zero attached hydrogens (tertiary/aromatic N) is 2. The Bertz CT molecular complexity index is 576. The minimum atomic E-state index is 0.255. The van der Waals surface area contributed by atoms with Crippen LogP contribution in [0.1, 0.15) is 33.5 Å². The lowest BCUT2D eigenvalue weighted by atomic mass is 9.98. The summed E-state index contributed by atoms with van der Waals surface area (Å²) in [6.45, 7) is 3.81. The molecule has 3 nitrogen and oxygen atoms in total. The van der Waals surface area contributed by atoms with Gasteiger partial charge in [-0.1, -0.05) is 6.07 Å². The van der Waals surface area contributed by atoms with Crippen LogP contribution in [0.15, 0.2) is 23.7 Å². The van der Waals surface area contributed by atoms with Crippen molar-refractivity contribution in [3.05, 3.63) is 38.5 Å². The average Bonchev–Trinajstić information content (AvgIpc) is 3.10. The third-order valence-corrected chi connectivity index (χ3v) is 5.62. The van der Waals surface area contributed by atoms with E-state index < -0.39 is 0 Å². The lowest BCUT2D eigenvalue weighted by Gasteiger charge is -2.31. The van der Waals surface area contributed by atoms with Crippen LogP contribution in [0, 0.1) is 6.92 Å². The molecular formula is C15H18N2OS2. The molecular weight excluding hydrogens is 288 g/mol. The number of amides is 1. The number of aromatic nitrogens is 1. The molecule has 1 atom stereocenters. The SMILES string of the molecule is Cc1cnc(C2CCCN(C(=O)Cc3cccs3)C2)s1. The van der Waals surface area contributed by atoms with E-state index in [1.165, 1.54) is 9.88 Å². The number of likely N-dealkylation sites (tertiary alicyclic amines) is 1. The highest BCUT2D eigenvalue weighted by Gasteiger charge is 2.26. The van der Waals surface area contributed by atoms with Crippen LogP contribution >= 0.6 is 22.7 Å². The van der Waals surface area contributed by atoms with E-state index in [1.54, 1.807) is 22.7 Å². The van der Waals surface area contributed by atoms with E-state index in [-0.39, 0.29) is 5.91 Å². The van der Waals surface area contributed by atoms with Crippen LogP contribution < -0.4 is 0 Å². The molecule has 5 heteroatoms. The number of hydrogen-bond donors (Lipinski definition) is 0. The van der Waals surface area contributed by atoms with Gasteiger partial charge in [0.15, 0.2) is 0 Å². The molecule has 0 saturated carbocycles. The molecule has 1 aliphatic rings. The predicted octanol–water partition coefficient (Wildman–Crippen LogP) is 3.46. The summed E-state index contributed by atoms with van der Waals surface area (Å²) in [6, 6.07) is 4.04. The first-order valence-corrected chi connectivity index (χ1v) is 8.64. The molecule has 0 bridgehead atoms. The Morgan fingerprint density at radius 2 is 2.45 bits per heavy atom. The van der Waals surface area contributed by atoms with Gasteiger partial charge in [-0.15, -0.1) is 22.7 Å². The van der Waals surface area contributed by atoms with E-state index in [1.807, 2.05) is 28.6 Å². The third kappa shape index (κ3) is 3.10. The van der Waals surface area contributed by atoms with Crippen LogP contribution in [0.2, 0.25) is 0 Å². The van der Waals surface area contributed by atoms with Gasteiger partial charge in [0.1, 0.15) is 0 Å². The summed E-state index contributed by atoms with van der Waals surface area (Å²) in [5, 5.41) is 3.22. The zero-order valence-corrected chi connectivity index (χ0v) is 13.2. The standard InChI is InChI=1S/C15H18N2OS2/c1-11-9-16-15(20-11)12-4-2-6-17(10-12)14(18)8-13-5-3-7-19-13/h3,5,7,9,12H,2,4,6,8,10H2,1H3. The van der Waals surface area contributed by atoms with Gasteiger partial charge in [0.2, 0.25) is 5.91 Å². The molecule has 3 rings (SSSR count). The Kier molecular flexibility index (Phi) is 4.17. The van der Waals surface area contributed by atoms with Gasteiger partial charge >= 0.3 is 0 Å². The van der Waals surface area contributed by atoms with Crippen LogP contribution in [0.25, 0.3) is 0 Å². The van der Waals surface area contributed by atoms with Crippen molar-refractivity contribution in [3.8, 4) is 0 Å². The Hall–Kier alpha value is -1.20. The second kappa shape index (κ2) is 6.06. The maximum Gasteiger partial charge on any atom is 0.227 e. The first-order valence-electron chi connectivity index (χ1n) is 6.95. The largest absolute Gasteiger partial charge is 0.342 e. The van der Waals surface area contributed by atoms with Gasteiger partial charge in [0, 0.05) is 35.0 Å². The second-order valence-corrected chi connectivity index (χ2v) is 7.54. The Labute approximate surface area is 127 Å². The average molecular weight is 306 g/mol. The molecule has 2 aromatic rings. The maximum atomic E-state index is 12.4. The summed E-state index contributed by atoms with van der Waals surface area (Å²) in [5.74, 6) is 0.681. The van der Waals surface area contributed by atoms with Crippen molar-refractivity contribution >= 4 is 28.6 Å². The van der Waals surface area contributed by atoms with E-state index >= 15 is 0 Å². The Balaban J connectivity index is 1.64. The van der Waals surface area contributed by atoms with Crippen molar-refractivity contribution < 1.29 is 4.79 Å². The number of carbonyl (C=O) groups excluding carboxylic acids is 1. The van der Waals surface area contributed by atoms with Gasteiger partial charge in [-0.2, -0.15) is 0 Å². The number of hydrogen-bond acceptors (Lipinski definition) is 4. The quantitative estimate of drug-likeness (QED) is 0.870. The fourth-order valence-electron chi connectivity index (χ4n) is 2.64. The van der Waals surface area contributed by atoms with E-state index in [2.05, 4.69) is 11.9 Å². The van der Waals surface area contributed by atoms with Crippen molar-refractivity contribution in [2.45, 2.75) is 32.1 Å². The molecule has 1 aliphatic heterocycles. The minimum absolute atomic E-state index is 0.255. The van der Waals surface area contributed by atoms with Crippen LogP contribution in [0.4, 0.5) is 0 Å². The van der Waals surface area contributed by atoms with Crippen LogP contribution in [-0.4, -0.2) is 28.9 Å². The van der Waals surface area contributed by atoms with Gasteiger partial charge in [-0.05, 0) is 31.2 Å². The molecule has 0 aromatic carbocycles. The Morgan fingerprint density at radius 1 is 1.55 bits per heavy atom. The highest BCUT2D eigenvalue weighted by molar-refractivity contribution is 7.11. The molecule has 20 heavy (non-hydrogen) atoms. The normalized spacial score (nSPS) is 19.2. The molecule has 1 unspecified atom stereocenters. The zero-order chi connectivity index (χ0) is 13.9. The van der Waals surface area contributed by atoms with E-state index in [9.17, 15) is 4.79 Å². The summed E-state index contributed by atoms with van der Waals surface area (Å²) >= 11 is 3.42. The summed E-state index contributed by atoms with van der Waals surface area (Å²) in [5.41, 5.74) is 0. The van der Waals surface area contributed by atoms with Gasteiger partial charge in [-0.25, -0.2) is 4.98 Å². The lowest BCUT2D eigenvalue weighted by Crippen LogP contribution is -2.39. The summed E-state index contributed by atoms with van der Waals surface area (Å²) in [7, 11) is 0. The smallest absolute Gasteiger partial charge is 0.227 e. The van der Waals surface area contributed by atoms with Crippen molar-refractivity contribution in [2.75, 3.05) is 13.1 Å². The molecule has 2 aromatic heterocycles. The number of thiazole rings is 1. The predicted molar refractivity (Wildman–Crippen MR) is 83.4 cm³/mol. The lowest BCUT2D eigenvalue weighted by molar-refractivity contribution is -0.131. The first-order chi connectivity index (χ1) is 9.72. The first kappa shape index (κ1) is 13.8. The number of carbonyl (C=O) groups is 1. The molecule has 0 N–H and O–H groups in total. The van der Waals surface area contributed by atoms with Crippen LogP contribution in [-0.2, 0) is 11.2 Å². The van der Waals surface area contributed by atoms with Crippen molar-refractivity contribution in [2.24, 2.45) is 0 Å². The molecule has 0 spiro atoms. The molecule has 0 radical (unpaired) electrons. The van der Waals surface area contributed by atoms with E-state index in [0.717, 1.165) is 30.8 Å². The molecule has 1 fully saturated rings. The summed E-state index contributed by atoms with van der Waals surface area (Å²) < 4.78 is 0. The van der Waals surface area contributed by atoms with Gasteiger partial charge in [-0.3, -0.25) is 4.79 Å². The topological polar surface area (TPSA) is 33.2 Å². The van der Waals surface area contributed by atoms with Crippen LogP contribution in [0.3, 0.4) is 0 Å². The van der Waals surface area contributed by atoms with Crippen molar-refractivity contribution in [1.82, 2.24) is 9.88 Å². The van der Waals surface area contributed by atoms with E-state index in [4.69, 9.17) is 0 Å². The maximum absolute atomic E-state index is 12.4. The van der Waals surface area contributed by atoms with Crippen LogP contribution in [0.5, 0.6) is 0 Å². The molecule has 0 aliphatic carbocycles. The fourth-order valence-corrected chi connectivity index (χ4v) is 4.24. The van der Waals surface area contributed by atoms with Gasteiger partial charge in [0.05, 0.1) is 11.4 Å². The molecule has 106 valence electrons. The third-order valence-electron chi connectivity index (χ3n) is 3.67. The number of thiophene rings is 1. The second-order valence-electron chi connectivity index (χ2n) is 5.24. The molecule has 3 heterocycles. The highest BCUT2D eigenvalue weighted by atomic mass is 32.1. The number of piperidine rings is 1. The van der Waals surface area contributed by atoms with Crippen molar-refractivity contribution in [1.29, 1.82) is 0 Å². The summed E-state index contributed by atoms with van der Waals surface area (Å²) in [4.78, 5) is 21.3. The van der Waals surface area contributed by atoms with Crippen molar-refractivity contribution in [3.63, 3.8) is 0 Å². The van der Waals surface area contributed by atoms with E-state index in [0.29, 0.717) is 12.3 Å². The Morgan fingerprint density at radius 3 is 3.15 bits per heavy atom. The molecule has 1 amide bonds. The zero-order valence-electron chi connectivity index (χ0n) is 11.5. The minimum Gasteiger partial charge on any atom is -0.342 e. The fraction of sp³-hybridized carbons (Fsp3) is 0.467. The van der Waals surface area contributed by atoms with Gasteiger partial charge < -0.3 is 4.90 Å². The highest BCUT2D eigenvalue weighted by Crippen LogP contribution is 2.30. The van der Waals surface area contributed by atoms with Gasteiger partial charge in [0.25, 0.3) is 0 Å². The molecule has 1 saturated heterocycles.